The average molecular weight is 540 g/mol. The van der Waals surface area contributed by atoms with Crippen molar-refractivity contribution in [2.45, 2.75) is 6.54 Å². The molecule has 0 saturated heterocycles. The van der Waals surface area contributed by atoms with E-state index in [0.29, 0.717) is 23.3 Å². The number of pyridine rings is 2. The van der Waals surface area contributed by atoms with Crippen LogP contribution in [0.4, 0.5) is 10.2 Å². The largest absolute Gasteiger partial charge is 0.477 e. The molecule has 40 heavy (non-hydrogen) atoms. The van der Waals surface area contributed by atoms with Crippen molar-refractivity contribution in [1.82, 2.24) is 19.4 Å². The van der Waals surface area contributed by atoms with E-state index in [4.69, 9.17) is 9.40 Å². The molecule has 4 aromatic heterocycles. The molecule has 0 fully saturated rings. The zero-order valence-electron chi connectivity index (χ0n) is 21.9. The number of likely N-dealkylation sites (N-methyl/N-ethyl adjacent to an activating group) is 1. The summed E-state index contributed by atoms with van der Waals surface area (Å²) in [5.41, 5.74) is 1.73. The smallest absolute Gasteiger partial charge is 0.353 e. The zero-order chi connectivity index (χ0) is 28.0. The molecule has 0 spiro atoms. The van der Waals surface area contributed by atoms with Crippen LogP contribution >= 0.6 is 0 Å². The van der Waals surface area contributed by atoms with Crippen molar-refractivity contribution in [1.29, 1.82) is 0 Å². The van der Waals surface area contributed by atoms with E-state index < -0.39 is 17.3 Å². The van der Waals surface area contributed by atoms with E-state index in [0.717, 1.165) is 23.0 Å². The number of halogens is 1. The summed E-state index contributed by atoms with van der Waals surface area (Å²) < 4.78 is 22.5. The fourth-order valence-electron chi connectivity index (χ4n) is 5.22. The van der Waals surface area contributed by atoms with Crippen LogP contribution in [0.25, 0.3) is 43.9 Å². The lowest BCUT2D eigenvalue weighted by Gasteiger charge is -2.15. The monoisotopic (exact) mass is 539 g/mol. The van der Waals surface area contributed by atoms with Gasteiger partial charge in [-0.05, 0) is 56.1 Å². The molecule has 10 heteroatoms. The Morgan fingerprint density at radius 3 is 2.75 bits per heavy atom. The number of para-hydroxylation sites is 1. The molecule has 0 aliphatic carbocycles. The highest BCUT2D eigenvalue weighted by Crippen LogP contribution is 2.40. The number of hydrogen-bond donors (Lipinski definition) is 3. The third kappa shape index (κ3) is 4.28. The number of aromatic amines is 1. The van der Waals surface area contributed by atoms with Crippen molar-refractivity contribution in [3.63, 3.8) is 0 Å². The molecule has 0 radical (unpaired) electrons. The second kappa shape index (κ2) is 9.97. The molecular formula is C30H26FN5O4. The summed E-state index contributed by atoms with van der Waals surface area (Å²) in [6.45, 7) is 1.54. The highest BCUT2D eigenvalue weighted by Gasteiger charge is 2.29. The fourth-order valence-corrected chi connectivity index (χ4v) is 5.22. The topological polar surface area (TPSA) is 116 Å². The lowest BCUT2D eigenvalue weighted by Crippen LogP contribution is -2.21. The van der Waals surface area contributed by atoms with E-state index in [-0.39, 0.29) is 34.3 Å². The van der Waals surface area contributed by atoms with Gasteiger partial charge in [0.1, 0.15) is 22.9 Å². The number of aromatic nitrogens is 3. The zero-order valence-corrected chi connectivity index (χ0v) is 21.9. The fraction of sp³-hybridized carbons (Fsp3) is 0.167. The van der Waals surface area contributed by atoms with Gasteiger partial charge in [0.05, 0.1) is 33.6 Å². The van der Waals surface area contributed by atoms with E-state index in [9.17, 15) is 14.7 Å². The molecule has 0 unspecified atom stereocenters. The molecule has 0 amide bonds. The van der Waals surface area contributed by atoms with E-state index >= 15 is 4.39 Å². The molecule has 0 saturated carbocycles. The quantitative estimate of drug-likeness (QED) is 0.245. The number of benzene rings is 2. The molecule has 3 N–H and O–H groups in total. The molecule has 0 aliphatic rings. The summed E-state index contributed by atoms with van der Waals surface area (Å²) in [4.78, 5) is 35.2. The maximum Gasteiger partial charge on any atom is 0.353 e. The Labute approximate surface area is 227 Å². The minimum atomic E-state index is -1.25. The number of carboxylic acids is 1. The SMILES string of the molecule is CN(C)CCNc1cc(Cn2c(C(=O)O)c(-c3ccc[nH]c3=O)c3c4occc4c(F)cc32)c2ccccc2n1. The predicted octanol–water partition coefficient (Wildman–Crippen LogP) is 5.15. The van der Waals surface area contributed by atoms with Crippen LogP contribution in [0.1, 0.15) is 16.1 Å². The van der Waals surface area contributed by atoms with Crippen molar-refractivity contribution >= 4 is 44.6 Å². The van der Waals surface area contributed by atoms with Crippen LogP contribution in [-0.2, 0) is 6.54 Å². The number of carbonyl (C=O) groups is 1. The van der Waals surface area contributed by atoms with Crippen LogP contribution in [-0.4, -0.2) is 57.7 Å². The molecule has 2 aromatic carbocycles. The minimum absolute atomic E-state index is 0.0833. The minimum Gasteiger partial charge on any atom is -0.477 e. The Hall–Kier alpha value is -4.96. The second-order valence-corrected chi connectivity index (χ2v) is 9.86. The molecule has 6 aromatic rings. The molecule has 0 aliphatic heterocycles. The van der Waals surface area contributed by atoms with Crippen LogP contribution in [0.2, 0.25) is 0 Å². The first-order valence-electron chi connectivity index (χ1n) is 12.7. The van der Waals surface area contributed by atoms with Gasteiger partial charge in [-0.3, -0.25) is 4.79 Å². The lowest BCUT2D eigenvalue weighted by molar-refractivity contribution is 0.0687. The lowest BCUT2D eigenvalue weighted by atomic mass is 10.0. The first kappa shape index (κ1) is 25.3. The van der Waals surface area contributed by atoms with Crippen molar-refractivity contribution < 1.29 is 18.7 Å². The highest BCUT2D eigenvalue weighted by atomic mass is 19.1. The van der Waals surface area contributed by atoms with E-state index in [2.05, 4.69) is 15.2 Å². The summed E-state index contributed by atoms with van der Waals surface area (Å²) in [6, 6.07) is 15.4. The van der Waals surface area contributed by atoms with Gasteiger partial charge in [-0.2, -0.15) is 0 Å². The van der Waals surface area contributed by atoms with Crippen molar-refractivity contribution in [3.05, 3.63) is 94.5 Å². The van der Waals surface area contributed by atoms with Crippen LogP contribution in [0.15, 0.2) is 76.3 Å². The molecule has 202 valence electrons. The molecule has 4 heterocycles. The number of rotatable bonds is 8. The Morgan fingerprint density at radius 2 is 1.98 bits per heavy atom. The van der Waals surface area contributed by atoms with Gasteiger partial charge in [0.25, 0.3) is 5.56 Å². The first-order chi connectivity index (χ1) is 19.3. The Kier molecular flexibility index (Phi) is 6.31. The summed E-state index contributed by atoms with van der Waals surface area (Å²) in [7, 11) is 3.96. The van der Waals surface area contributed by atoms with Gasteiger partial charge in [-0.15, -0.1) is 0 Å². The van der Waals surface area contributed by atoms with E-state index in [1.54, 1.807) is 12.1 Å². The molecule has 6 rings (SSSR count). The van der Waals surface area contributed by atoms with Crippen LogP contribution in [0.3, 0.4) is 0 Å². The Morgan fingerprint density at radius 1 is 1.15 bits per heavy atom. The first-order valence-corrected chi connectivity index (χ1v) is 12.7. The summed E-state index contributed by atoms with van der Waals surface area (Å²) in [5, 5.41) is 15.3. The number of anilines is 1. The van der Waals surface area contributed by atoms with Gasteiger partial charge < -0.3 is 29.3 Å². The second-order valence-electron chi connectivity index (χ2n) is 9.86. The van der Waals surface area contributed by atoms with Gasteiger partial charge in [-0.1, -0.05) is 18.2 Å². The van der Waals surface area contributed by atoms with Crippen molar-refractivity contribution in [3.8, 4) is 11.1 Å². The summed E-state index contributed by atoms with van der Waals surface area (Å²) >= 11 is 0. The van der Waals surface area contributed by atoms with Crippen LogP contribution in [0.5, 0.6) is 0 Å². The molecular weight excluding hydrogens is 513 g/mol. The van der Waals surface area contributed by atoms with Gasteiger partial charge in [-0.25, -0.2) is 14.2 Å². The van der Waals surface area contributed by atoms with Crippen molar-refractivity contribution in [2.24, 2.45) is 0 Å². The maximum absolute atomic E-state index is 15.3. The van der Waals surface area contributed by atoms with Gasteiger partial charge in [0.2, 0.25) is 0 Å². The maximum atomic E-state index is 15.3. The third-order valence-corrected chi connectivity index (χ3v) is 7.00. The number of H-pyrrole nitrogens is 1. The van der Waals surface area contributed by atoms with E-state index in [1.807, 2.05) is 44.4 Å². The van der Waals surface area contributed by atoms with E-state index in [1.165, 1.54) is 29.2 Å². The standard InChI is InChI=1S/C30H26FN5O4/c1-35(2)12-11-32-24-14-17(18-6-3-4-8-22(18)34-24)16-36-23-15-21(31)19-9-13-40-28(19)26(23)25(27(36)30(38)39)20-7-5-10-33-29(20)37/h3-10,13-15H,11-12,16H2,1-2H3,(H,32,34)(H,33,37)(H,38,39). The van der Waals surface area contributed by atoms with Crippen molar-refractivity contribution in [2.75, 3.05) is 32.5 Å². The summed E-state index contributed by atoms with van der Waals surface area (Å²) in [6.07, 6.45) is 2.83. The van der Waals surface area contributed by atoms with Gasteiger partial charge in [0.15, 0.2) is 0 Å². The molecule has 9 nitrogen and oxygen atoms in total. The van der Waals surface area contributed by atoms with Gasteiger partial charge in [0, 0.05) is 36.8 Å². The number of hydrogen-bond acceptors (Lipinski definition) is 6. The van der Waals surface area contributed by atoms with Gasteiger partial charge >= 0.3 is 5.97 Å². The number of fused-ring (bicyclic) bond motifs is 4. The molecule has 0 bridgehead atoms. The van der Waals surface area contributed by atoms with Crippen LogP contribution < -0.4 is 10.9 Å². The third-order valence-electron chi connectivity index (χ3n) is 7.00. The average Bonchev–Trinajstić information content (AvgIpc) is 3.53. The predicted molar refractivity (Wildman–Crippen MR) is 153 cm³/mol. The highest BCUT2D eigenvalue weighted by molar-refractivity contribution is 6.17. The number of carboxylic acid groups (broad SMARTS) is 1. The summed E-state index contributed by atoms with van der Waals surface area (Å²) in [5.74, 6) is -1.16. The number of aromatic carboxylic acids is 1. The Bertz CT molecular complexity index is 1970. The number of nitrogens with one attached hydrogen (secondary N) is 2. The number of furan rings is 1. The van der Waals surface area contributed by atoms with Crippen LogP contribution in [0, 0.1) is 5.82 Å². The normalized spacial score (nSPS) is 11.7. The molecule has 0 atom stereocenters. The number of nitrogens with zero attached hydrogens (tertiary/aromatic N) is 3. The Balaban J connectivity index is 1.64.